The van der Waals surface area contributed by atoms with Gasteiger partial charge in [0.15, 0.2) is 11.5 Å². The molecule has 0 N–H and O–H groups in total. The number of carbonyl (C=O) groups excluding carboxylic acids is 2. The van der Waals surface area contributed by atoms with E-state index in [0.717, 1.165) is 20.9 Å². The number of amides is 2. The van der Waals surface area contributed by atoms with Crippen LogP contribution in [0.2, 0.25) is 0 Å². The summed E-state index contributed by atoms with van der Waals surface area (Å²) in [5, 5.41) is 1.86. The molecule has 0 aliphatic rings. The largest absolute Gasteiger partial charge is 0.493 e. The molecule has 2 aromatic carbocycles. The topological polar surface area (TPSA) is 59.1 Å². The monoisotopic (exact) mass is 628 g/mol. The molecule has 13 heteroatoms. The van der Waals surface area contributed by atoms with Gasteiger partial charge >= 0.3 is 12.4 Å². The number of benzene rings is 2. The predicted molar refractivity (Wildman–Crippen MR) is 150 cm³/mol. The van der Waals surface area contributed by atoms with Gasteiger partial charge in [0.2, 0.25) is 5.91 Å². The number of hydrogen-bond acceptors (Lipinski definition) is 5. The highest BCUT2D eigenvalue weighted by Crippen LogP contribution is 2.36. The number of thiophene rings is 1. The molecule has 0 aliphatic carbocycles. The van der Waals surface area contributed by atoms with E-state index in [1.807, 2.05) is 18.4 Å². The Balaban J connectivity index is 1.90. The molecule has 0 fully saturated rings. The van der Waals surface area contributed by atoms with Gasteiger partial charge in [-0.25, -0.2) is 0 Å². The van der Waals surface area contributed by atoms with Crippen molar-refractivity contribution in [2.24, 2.45) is 0 Å². The number of alkyl halides is 6. The molecule has 0 aliphatic heterocycles. The molecule has 0 radical (unpaired) electrons. The first kappa shape index (κ1) is 33.5. The third-order valence-electron chi connectivity index (χ3n) is 6.57. The van der Waals surface area contributed by atoms with Gasteiger partial charge < -0.3 is 19.3 Å². The van der Waals surface area contributed by atoms with Crippen molar-refractivity contribution in [3.63, 3.8) is 0 Å². The summed E-state index contributed by atoms with van der Waals surface area (Å²) in [5.74, 6) is -0.701. The van der Waals surface area contributed by atoms with Crippen molar-refractivity contribution >= 4 is 23.2 Å². The van der Waals surface area contributed by atoms with Gasteiger partial charge in [-0.3, -0.25) is 9.59 Å². The maximum absolute atomic E-state index is 13.6. The molecule has 0 bridgehead atoms. The zero-order chi connectivity index (χ0) is 31.9. The Morgan fingerprint density at radius 2 is 1.53 bits per heavy atom. The van der Waals surface area contributed by atoms with Crippen LogP contribution in [0.3, 0.4) is 0 Å². The molecular weight excluding hydrogens is 598 g/mol. The van der Waals surface area contributed by atoms with Crippen LogP contribution in [0.1, 0.15) is 37.5 Å². The quantitative estimate of drug-likeness (QED) is 0.160. The lowest BCUT2D eigenvalue weighted by Crippen LogP contribution is -2.43. The Bertz CT molecular complexity index is 1420. The average Bonchev–Trinajstić information content (AvgIpc) is 3.36. The van der Waals surface area contributed by atoms with Gasteiger partial charge in [-0.15, -0.1) is 17.9 Å². The number of rotatable bonds is 12. The van der Waals surface area contributed by atoms with Crippen molar-refractivity contribution in [2.75, 3.05) is 33.9 Å². The summed E-state index contributed by atoms with van der Waals surface area (Å²) in [7, 11) is 2.99. The van der Waals surface area contributed by atoms with E-state index in [2.05, 4.69) is 6.58 Å². The standard InChI is InChI=1S/C30H30F6N2O4S/c1-5-10-38(28(40)21-14-22(29(31,32)33)16-23(15-21)30(34,35)36)18-27(39)37(17-26-19(2)9-12-43-26)11-8-20-6-7-24(41-3)25(13-20)42-4/h5-7,9,12-16H,1,8,10-11,17-18H2,2-4H3. The predicted octanol–water partition coefficient (Wildman–Crippen LogP) is 7.01. The van der Waals surface area contributed by atoms with Crippen LogP contribution in [0.25, 0.3) is 0 Å². The molecule has 1 heterocycles. The van der Waals surface area contributed by atoms with Gasteiger partial charge in [0.1, 0.15) is 6.54 Å². The zero-order valence-electron chi connectivity index (χ0n) is 23.6. The van der Waals surface area contributed by atoms with Gasteiger partial charge in [-0.2, -0.15) is 26.3 Å². The van der Waals surface area contributed by atoms with Crippen molar-refractivity contribution in [1.29, 1.82) is 0 Å². The highest BCUT2D eigenvalue weighted by Gasteiger charge is 2.38. The summed E-state index contributed by atoms with van der Waals surface area (Å²) in [6.07, 6.45) is -8.64. The lowest BCUT2D eigenvalue weighted by atomic mass is 10.0. The molecule has 6 nitrogen and oxygen atoms in total. The second kappa shape index (κ2) is 14.0. The van der Waals surface area contributed by atoms with Crippen molar-refractivity contribution in [1.82, 2.24) is 9.80 Å². The Hall–Kier alpha value is -4.00. The number of nitrogens with zero attached hydrogens (tertiary/aromatic N) is 2. The fourth-order valence-electron chi connectivity index (χ4n) is 4.23. The van der Waals surface area contributed by atoms with Gasteiger partial charge in [-0.1, -0.05) is 12.1 Å². The van der Waals surface area contributed by atoms with E-state index in [9.17, 15) is 35.9 Å². The first-order valence-electron chi connectivity index (χ1n) is 12.9. The minimum Gasteiger partial charge on any atom is -0.493 e. The third-order valence-corrected chi connectivity index (χ3v) is 7.58. The van der Waals surface area contributed by atoms with Crippen molar-refractivity contribution in [2.45, 2.75) is 32.2 Å². The van der Waals surface area contributed by atoms with E-state index in [1.54, 1.807) is 18.2 Å². The van der Waals surface area contributed by atoms with Crippen LogP contribution in [-0.4, -0.2) is 55.5 Å². The number of halogens is 6. The summed E-state index contributed by atoms with van der Waals surface area (Å²) in [6.45, 7) is 4.90. The smallest absolute Gasteiger partial charge is 0.416 e. The number of aryl methyl sites for hydroxylation is 1. The molecule has 0 saturated carbocycles. The molecular formula is C30H30F6N2O4S. The van der Waals surface area contributed by atoms with Crippen LogP contribution in [0.5, 0.6) is 11.5 Å². The van der Waals surface area contributed by atoms with E-state index >= 15 is 0 Å². The first-order valence-corrected chi connectivity index (χ1v) is 13.8. The fraction of sp³-hybridized carbons (Fsp3) is 0.333. The van der Waals surface area contributed by atoms with Gasteiger partial charge in [0.25, 0.3) is 5.91 Å². The van der Waals surface area contributed by atoms with Crippen molar-refractivity contribution in [3.8, 4) is 11.5 Å². The Labute approximate surface area is 249 Å². The minimum atomic E-state index is -5.13. The second-order valence-electron chi connectivity index (χ2n) is 9.55. The summed E-state index contributed by atoms with van der Waals surface area (Å²) >= 11 is 1.43. The number of hydrogen-bond donors (Lipinski definition) is 0. The lowest BCUT2D eigenvalue weighted by Gasteiger charge is -2.28. The summed E-state index contributed by atoms with van der Waals surface area (Å²) in [5.41, 5.74) is -2.33. The van der Waals surface area contributed by atoms with Gasteiger partial charge in [0, 0.05) is 23.5 Å². The maximum Gasteiger partial charge on any atom is 0.416 e. The highest BCUT2D eigenvalue weighted by atomic mass is 32.1. The molecule has 0 atom stereocenters. The van der Waals surface area contributed by atoms with Crippen LogP contribution in [0.15, 0.2) is 60.5 Å². The second-order valence-corrected chi connectivity index (χ2v) is 10.6. The molecule has 3 rings (SSSR count). The molecule has 232 valence electrons. The SMILES string of the molecule is C=CCN(CC(=O)N(CCc1ccc(OC)c(OC)c1)Cc1sccc1C)C(=O)c1cc(C(F)(F)F)cc(C(F)(F)F)c1. The van der Waals surface area contributed by atoms with Gasteiger partial charge in [-0.05, 0) is 66.2 Å². The summed E-state index contributed by atoms with van der Waals surface area (Å²) in [6, 6.07) is 7.81. The maximum atomic E-state index is 13.6. The van der Waals surface area contributed by atoms with E-state index in [-0.39, 0.29) is 25.7 Å². The fourth-order valence-corrected chi connectivity index (χ4v) is 5.15. The molecule has 0 unspecified atom stereocenters. The van der Waals surface area contributed by atoms with Crippen molar-refractivity contribution < 1.29 is 45.4 Å². The van der Waals surface area contributed by atoms with Gasteiger partial charge in [0.05, 0.1) is 31.9 Å². The number of ether oxygens (including phenoxy) is 2. The Kier molecular flexibility index (Phi) is 10.9. The lowest BCUT2D eigenvalue weighted by molar-refractivity contribution is -0.143. The zero-order valence-corrected chi connectivity index (χ0v) is 24.5. The van der Waals surface area contributed by atoms with Crippen molar-refractivity contribution in [3.05, 3.63) is 93.2 Å². The highest BCUT2D eigenvalue weighted by molar-refractivity contribution is 7.10. The van der Waals surface area contributed by atoms with E-state index in [0.29, 0.717) is 30.1 Å². The van der Waals surface area contributed by atoms with Crippen LogP contribution in [0, 0.1) is 6.92 Å². The first-order chi connectivity index (χ1) is 20.2. The summed E-state index contributed by atoms with van der Waals surface area (Å²) in [4.78, 5) is 30.1. The molecule has 43 heavy (non-hydrogen) atoms. The normalized spacial score (nSPS) is 11.7. The summed E-state index contributed by atoms with van der Waals surface area (Å²) < 4.78 is 91.1. The minimum absolute atomic E-state index is 0.0565. The molecule has 0 saturated heterocycles. The molecule has 0 spiro atoms. The molecule has 3 aromatic rings. The third kappa shape index (κ3) is 8.76. The van der Waals surface area contributed by atoms with Crippen LogP contribution < -0.4 is 9.47 Å². The van der Waals surface area contributed by atoms with Crippen LogP contribution in [0.4, 0.5) is 26.3 Å². The van der Waals surface area contributed by atoms with E-state index in [4.69, 9.17) is 9.47 Å². The van der Waals surface area contributed by atoms with E-state index in [1.165, 1.54) is 36.5 Å². The van der Waals surface area contributed by atoms with Crippen LogP contribution >= 0.6 is 11.3 Å². The number of carbonyl (C=O) groups is 2. The Morgan fingerprint density at radius 3 is 2.05 bits per heavy atom. The Morgan fingerprint density at radius 1 is 0.907 bits per heavy atom. The number of methoxy groups -OCH3 is 2. The van der Waals surface area contributed by atoms with E-state index < -0.39 is 47.4 Å². The van der Waals surface area contributed by atoms with Crippen LogP contribution in [-0.2, 0) is 30.1 Å². The molecule has 1 aromatic heterocycles. The average molecular weight is 629 g/mol. The molecule has 2 amide bonds.